The summed E-state index contributed by atoms with van der Waals surface area (Å²) in [6, 6.07) is 21.2. The van der Waals surface area contributed by atoms with Crippen LogP contribution in [-0.4, -0.2) is 62.1 Å². The normalized spacial score (nSPS) is 15.4. The van der Waals surface area contributed by atoms with E-state index in [2.05, 4.69) is 48.8 Å². The van der Waals surface area contributed by atoms with Gasteiger partial charge in [0.05, 0.1) is 17.8 Å². The predicted octanol–water partition coefficient (Wildman–Crippen LogP) is 7.72. The molecule has 0 saturated carbocycles. The minimum absolute atomic E-state index is 0.107. The van der Waals surface area contributed by atoms with Crippen molar-refractivity contribution in [3.05, 3.63) is 96.1 Å². The number of hydrogen-bond acceptors (Lipinski definition) is 4. The van der Waals surface area contributed by atoms with E-state index in [1.807, 2.05) is 48.7 Å². The van der Waals surface area contributed by atoms with Gasteiger partial charge in [0, 0.05) is 60.3 Å². The van der Waals surface area contributed by atoms with Gasteiger partial charge in [0.1, 0.15) is 11.5 Å². The summed E-state index contributed by atoms with van der Waals surface area (Å²) in [5.74, 6) is 5.18. The highest BCUT2D eigenvalue weighted by molar-refractivity contribution is 8.25. The first-order chi connectivity index (χ1) is 21.5. The Morgan fingerprint density at radius 3 is 2.58 bits per heavy atom. The average Bonchev–Trinajstić information content (AvgIpc) is 3.71. The van der Waals surface area contributed by atoms with Gasteiger partial charge in [0.15, 0.2) is 0 Å². The zero-order valence-electron chi connectivity index (χ0n) is 24.8. The maximum atomic E-state index is 14.8. The van der Waals surface area contributed by atoms with E-state index < -0.39 is 15.3 Å². The topological polar surface area (TPSA) is 72.6 Å². The molecular formula is C35H33F3N6S. The Morgan fingerprint density at radius 2 is 1.78 bits per heavy atom. The molecule has 0 unspecified atom stereocenters. The molecule has 3 aromatic carbocycles. The van der Waals surface area contributed by atoms with Crippen molar-refractivity contribution in [3.63, 3.8) is 0 Å². The summed E-state index contributed by atoms with van der Waals surface area (Å²) in [6.45, 7) is 1.06. The van der Waals surface area contributed by atoms with Crippen molar-refractivity contribution >= 4 is 42.9 Å². The minimum Gasteiger partial charge on any atom is -0.353 e. The summed E-state index contributed by atoms with van der Waals surface area (Å²) in [6.07, 6.45) is 5.37. The summed E-state index contributed by atoms with van der Waals surface area (Å²) >= 11 is 0. The molecule has 1 aliphatic rings. The van der Waals surface area contributed by atoms with Crippen LogP contribution in [0.1, 0.15) is 17.5 Å². The van der Waals surface area contributed by atoms with E-state index in [-0.39, 0.29) is 18.8 Å². The summed E-state index contributed by atoms with van der Waals surface area (Å²) in [4.78, 5) is 9.69. The van der Waals surface area contributed by atoms with Gasteiger partial charge in [-0.1, -0.05) is 29.9 Å². The van der Waals surface area contributed by atoms with Crippen molar-refractivity contribution in [2.24, 2.45) is 0 Å². The molecule has 0 radical (unpaired) electrons. The first-order valence-corrected chi connectivity index (χ1v) is 17.0. The summed E-state index contributed by atoms with van der Waals surface area (Å²) in [5.41, 5.74) is 8.65. The largest absolute Gasteiger partial charge is 0.353 e. The number of halogens is 3. The zero-order chi connectivity index (χ0) is 31.3. The first-order valence-electron chi connectivity index (χ1n) is 14.6. The predicted molar refractivity (Wildman–Crippen MR) is 181 cm³/mol. The highest BCUT2D eigenvalue weighted by Crippen LogP contribution is 2.36. The van der Waals surface area contributed by atoms with Crippen molar-refractivity contribution in [1.82, 2.24) is 29.8 Å². The summed E-state index contributed by atoms with van der Waals surface area (Å²) in [7, 11) is -1.44. The summed E-state index contributed by atoms with van der Waals surface area (Å²) < 4.78 is 45.5. The molecule has 4 heterocycles. The molecule has 7 rings (SSSR count). The fourth-order valence-corrected chi connectivity index (χ4v) is 6.55. The standard InChI is InChI=1S/C35H33F3N6S/c1-45(2,3)40-18-22-11-25(14-27(36)13-22)28-5-4-6-31-29(28)16-33(41-31)34-30-15-24(7-8-32(30)42-43-34)26-12-23(17-39-19-26)20-44-10-9-35(37,38)21-44/h4-8,11-17,19,40-41H,1-2,9-10,18,20-21H2,3H3,(H,42,43). The highest BCUT2D eigenvalue weighted by Gasteiger charge is 2.37. The molecule has 0 atom stereocenters. The molecule has 0 spiro atoms. The van der Waals surface area contributed by atoms with Crippen LogP contribution in [0.5, 0.6) is 0 Å². The van der Waals surface area contributed by atoms with Crippen molar-refractivity contribution in [1.29, 1.82) is 0 Å². The lowest BCUT2D eigenvalue weighted by Gasteiger charge is -2.15. The van der Waals surface area contributed by atoms with E-state index >= 15 is 0 Å². The molecule has 1 fully saturated rings. The van der Waals surface area contributed by atoms with Crippen LogP contribution in [0.4, 0.5) is 13.2 Å². The van der Waals surface area contributed by atoms with Gasteiger partial charge in [-0.25, -0.2) is 13.2 Å². The van der Waals surface area contributed by atoms with Gasteiger partial charge >= 0.3 is 0 Å². The average molecular weight is 627 g/mol. The third kappa shape index (κ3) is 6.26. The molecule has 3 N–H and O–H groups in total. The summed E-state index contributed by atoms with van der Waals surface area (Å²) in [5, 5.41) is 9.67. The van der Waals surface area contributed by atoms with E-state index in [4.69, 9.17) is 0 Å². The second-order valence-corrected chi connectivity index (χ2v) is 15.0. The number of fused-ring (bicyclic) bond motifs is 2. The molecular weight excluding hydrogens is 593 g/mol. The Bertz CT molecular complexity index is 2170. The second-order valence-electron chi connectivity index (χ2n) is 12.1. The van der Waals surface area contributed by atoms with Gasteiger partial charge in [-0.05, 0) is 82.6 Å². The van der Waals surface area contributed by atoms with Crippen LogP contribution in [0.2, 0.25) is 0 Å². The van der Waals surface area contributed by atoms with Crippen molar-refractivity contribution in [3.8, 4) is 33.6 Å². The molecule has 0 bridgehead atoms. The number of pyridine rings is 1. The molecule has 6 nitrogen and oxygen atoms in total. The fourth-order valence-electron chi connectivity index (χ4n) is 6.03. The van der Waals surface area contributed by atoms with E-state index in [9.17, 15) is 13.2 Å². The van der Waals surface area contributed by atoms with Crippen molar-refractivity contribution in [2.45, 2.75) is 25.4 Å². The maximum Gasteiger partial charge on any atom is 0.261 e. The van der Waals surface area contributed by atoms with Crippen LogP contribution in [-0.2, 0) is 13.1 Å². The van der Waals surface area contributed by atoms with Crippen LogP contribution in [0.3, 0.4) is 0 Å². The van der Waals surface area contributed by atoms with Gasteiger partial charge < -0.3 is 4.98 Å². The van der Waals surface area contributed by atoms with E-state index in [1.54, 1.807) is 23.4 Å². The lowest BCUT2D eigenvalue weighted by Crippen LogP contribution is -2.24. The van der Waals surface area contributed by atoms with Crippen LogP contribution in [0.25, 0.3) is 55.4 Å². The number of hydrogen-bond donors (Lipinski definition) is 3. The first kappa shape index (κ1) is 29.3. The number of aromatic nitrogens is 4. The number of likely N-dealkylation sites (tertiary alicyclic amines) is 1. The quantitative estimate of drug-likeness (QED) is 0.151. The van der Waals surface area contributed by atoms with Gasteiger partial charge in [-0.15, -0.1) is 0 Å². The Hall–Kier alpha value is -4.38. The van der Waals surface area contributed by atoms with Crippen LogP contribution >= 0.6 is 9.39 Å². The Morgan fingerprint density at radius 1 is 0.933 bits per heavy atom. The lowest BCUT2D eigenvalue weighted by atomic mass is 9.99. The molecule has 3 aromatic heterocycles. The van der Waals surface area contributed by atoms with Crippen LogP contribution in [0.15, 0.2) is 79.1 Å². The zero-order valence-corrected chi connectivity index (χ0v) is 25.7. The van der Waals surface area contributed by atoms with Crippen molar-refractivity contribution in [2.75, 3.05) is 19.3 Å². The smallest absolute Gasteiger partial charge is 0.261 e. The molecule has 10 heteroatoms. The molecule has 6 aromatic rings. The number of alkyl halides is 2. The van der Waals surface area contributed by atoms with Crippen molar-refractivity contribution < 1.29 is 13.2 Å². The monoisotopic (exact) mass is 626 g/mol. The van der Waals surface area contributed by atoms with Gasteiger partial charge in [0.25, 0.3) is 5.92 Å². The molecule has 0 amide bonds. The number of aromatic amines is 2. The Labute approximate surface area is 259 Å². The second kappa shape index (κ2) is 11.2. The number of benzene rings is 3. The highest BCUT2D eigenvalue weighted by atomic mass is 32.2. The minimum atomic E-state index is -2.63. The Balaban J connectivity index is 1.22. The van der Waals surface area contributed by atoms with Crippen LogP contribution in [0, 0.1) is 5.82 Å². The number of rotatable bonds is 8. The molecule has 1 aliphatic heterocycles. The van der Waals surface area contributed by atoms with E-state index in [0.717, 1.165) is 66.6 Å². The van der Waals surface area contributed by atoms with E-state index in [1.165, 1.54) is 6.07 Å². The van der Waals surface area contributed by atoms with Gasteiger partial charge in [-0.2, -0.15) is 14.5 Å². The van der Waals surface area contributed by atoms with Crippen LogP contribution < -0.4 is 4.72 Å². The number of nitrogens with one attached hydrogen (secondary N) is 3. The SMILES string of the molecule is C=S(=C)(C)NCc1cc(F)cc(-c2cccc3[nH]c(-c4n[nH]c5ccc(-c6cncc(CN7CCC(F)(F)C7)c6)cc45)cc23)c1. The van der Waals surface area contributed by atoms with E-state index in [0.29, 0.717) is 19.6 Å². The van der Waals surface area contributed by atoms with Gasteiger partial charge in [-0.3, -0.25) is 19.7 Å². The Kier molecular flexibility index (Phi) is 7.31. The maximum absolute atomic E-state index is 14.8. The third-order valence-corrected chi connectivity index (χ3v) is 9.00. The fraction of sp³-hybridized carbons (Fsp3) is 0.200. The third-order valence-electron chi connectivity index (χ3n) is 8.16. The lowest BCUT2D eigenvalue weighted by molar-refractivity contribution is 0.0115. The molecule has 45 heavy (non-hydrogen) atoms. The number of H-pyrrole nitrogens is 2. The molecule has 1 saturated heterocycles. The van der Waals surface area contributed by atoms with Gasteiger partial charge in [0.2, 0.25) is 0 Å². The number of nitrogens with zero attached hydrogens (tertiary/aromatic N) is 3. The molecule has 0 aliphatic carbocycles. The molecule has 230 valence electrons.